The van der Waals surface area contributed by atoms with Crippen LogP contribution in [0, 0.1) is 5.41 Å². The standard InChI is InChI=1S/C7H13N3/c1-6(2)5-10(4)7(8)9-3/h5,8H,3H2,1-2,4H3. The molecule has 3 nitrogen and oxygen atoms in total. The average molecular weight is 139 g/mol. The first-order valence-corrected chi connectivity index (χ1v) is 3.01. The number of rotatable bonds is 1. The van der Waals surface area contributed by atoms with Gasteiger partial charge in [0.05, 0.1) is 0 Å². The lowest BCUT2D eigenvalue weighted by molar-refractivity contribution is 0.666. The molecule has 0 aromatic rings. The molecule has 3 heteroatoms. The molecular formula is C7H13N3. The Morgan fingerprint density at radius 3 is 2.40 bits per heavy atom. The highest BCUT2D eigenvalue weighted by Gasteiger charge is 1.94. The molecule has 0 spiro atoms. The van der Waals surface area contributed by atoms with Crippen LogP contribution >= 0.6 is 0 Å². The van der Waals surface area contributed by atoms with Crippen LogP contribution in [0.1, 0.15) is 13.8 Å². The summed E-state index contributed by atoms with van der Waals surface area (Å²) in [6.45, 7) is 7.17. The summed E-state index contributed by atoms with van der Waals surface area (Å²) < 4.78 is 0. The van der Waals surface area contributed by atoms with Gasteiger partial charge >= 0.3 is 0 Å². The van der Waals surface area contributed by atoms with Crippen molar-refractivity contribution in [3.8, 4) is 0 Å². The van der Waals surface area contributed by atoms with Crippen molar-refractivity contribution in [2.24, 2.45) is 4.99 Å². The molecule has 0 saturated carbocycles. The zero-order valence-corrected chi connectivity index (χ0v) is 6.68. The minimum Gasteiger partial charge on any atom is -0.321 e. The fourth-order valence-electron chi connectivity index (χ4n) is 0.560. The number of hydrogen-bond donors (Lipinski definition) is 1. The third kappa shape index (κ3) is 3.02. The van der Waals surface area contributed by atoms with Crippen LogP contribution in [-0.2, 0) is 0 Å². The number of allylic oxidation sites excluding steroid dienone is 1. The molecule has 0 aliphatic rings. The molecule has 0 heterocycles. The van der Waals surface area contributed by atoms with E-state index in [0.717, 1.165) is 5.57 Å². The van der Waals surface area contributed by atoms with Crippen molar-refractivity contribution in [1.82, 2.24) is 4.90 Å². The molecule has 0 aliphatic carbocycles. The molecule has 0 unspecified atom stereocenters. The van der Waals surface area contributed by atoms with Gasteiger partial charge in [0.1, 0.15) is 0 Å². The van der Waals surface area contributed by atoms with Gasteiger partial charge in [-0.25, -0.2) is 4.99 Å². The van der Waals surface area contributed by atoms with Crippen LogP contribution in [0.5, 0.6) is 0 Å². The van der Waals surface area contributed by atoms with E-state index in [9.17, 15) is 0 Å². The summed E-state index contributed by atoms with van der Waals surface area (Å²) in [5.41, 5.74) is 1.14. The molecule has 0 atom stereocenters. The van der Waals surface area contributed by atoms with Crippen molar-refractivity contribution in [2.45, 2.75) is 13.8 Å². The monoisotopic (exact) mass is 139 g/mol. The molecule has 0 bridgehead atoms. The van der Waals surface area contributed by atoms with Crippen LogP contribution in [0.4, 0.5) is 0 Å². The fourth-order valence-corrected chi connectivity index (χ4v) is 0.560. The molecule has 0 rings (SSSR count). The van der Waals surface area contributed by atoms with Crippen LogP contribution < -0.4 is 0 Å². The van der Waals surface area contributed by atoms with Crippen molar-refractivity contribution in [1.29, 1.82) is 5.41 Å². The molecular weight excluding hydrogens is 126 g/mol. The number of hydrogen-bond acceptors (Lipinski definition) is 1. The van der Waals surface area contributed by atoms with E-state index in [1.54, 1.807) is 11.9 Å². The van der Waals surface area contributed by atoms with Gasteiger partial charge in [-0.1, -0.05) is 5.57 Å². The van der Waals surface area contributed by atoms with E-state index in [4.69, 9.17) is 5.41 Å². The summed E-state index contributed by atoms with van der Waals surface area (Å²) >= 11 is 0. The average Bonchev–Trinajstić information content (AvgIpc) is 1.85. The minimum absolute atomic E-state index is 0.168. The molecule has 1 N–H and O–H groups in total. The van der Waals surface area contributed by atoms with E-state index in [0.29, 0.717) is 0 Å². The van der Waals surface area contributed by atoms with Gasteiger partial charge in [-0.15, -0.1) is 0 Å². The van der Waals surface area contributed by atoms with Gasteiger partial charge in [0.15, 0.2) is 0 Å². The number of nitrogens with zero attached hydrogens (tertiary/aromatic N) is 2. The maximum absolute atomic E-state index is 7.19. The Bertz CT molecular complexity index is 166. The van der Waals surface area contributed by atoms with Gasteiger partial charge in [0.2, 0.25) is 5.96 Å². The fraction of sp³-hybridized carbons (Fsp3) is 0.429. The molecule has 0 aromatic heterocycles. The van der Waals surface area contributed by atoms with Crippen molar-refractivity contribution in [3.63, 3.8) is 0 Å². The van der Waals surface area contributed by atoms with E-state index in [1.807, 2.05) is 20.0 Å². The third-order valence-corrected chi connectivity index (χ3v) is 0.936. The van der Waals surface area contributed by atoms with Crippen LogP contribution in [0.2, 0.25) is 0 Å². The Balaban J connectivity index is 4.09. The van der Waals surface area contributed by atoms with Gasteiger partial charge < -0.3 is 4.90 Å². The predicted octanol–water partition coefficient (Wildman–Crippen LogP) is 1.48. The summed E-state index contributed by atoms with van der Waals surface area (Å²) in [6, 6.07) is 0. The van der Waals surface area contributed by atoms with E-state index in [-0.39, 0.29) is 5.96 Å². The summed E-state index contributed by atoms with van der Waals surface area (Å²) in [4.78, 5) is 5.07. The molecule has 0 saturated heterocycles. The van der Waals surface area contributed by atoms with Gasteiger partial charge in [-0.3, -0.25) is 5.41 Å². The highest BCUT2D eigenvalue weighted by molar-refractivity contribution is 5.81. The smallest absolute Gasteiger partial charge is 0.220 e. The van der Waals surface area contributed by atoms with Crippen molar-refractivity contribution < 1.29 is 0 Å². The molecule has 0 aromatic carbocycles. The molecule has 0 fully saturated rings. The first-order chi connectivity index (χ1) is 4.57. The second kappa shape index (κ2) is 3.82. The first-order valence-electron chi connectivity index (χ1n) is 3.01. The van der Waals surface area contributed by atoms with Crippen LogP contribution in [-0.4, -0.2) is 24.6 Å². The lowest BCUT2D eigenvalue weighted by Gasteiger charge is -2.10. The van der Waals surface area contributed by atoms with E-state index in [1.165, 1.54) is 0 Å². The summed E-state index contributed by atoms with van der Waals surface area (Å²) in [6.07, 6.45) is 1.83. The zero-order chi connectivity index (χ0) is 8.15. The maximum Gasteiger partial charge on any atom is 0.220 e. The highest BCUT2D eigenvalue weighted by Crippen LogP contribution is 1.93. The largest absolute Gasteiger partial charge is 0.321 e. The van der Waals surface area contributed by atoms with Crippen molar-refractivity contribution in [2.75, 3.05) is 7.05 Å². The molecule has 10 heavy (non-hydrogen) atoms. The normalized spacial score (nSPS) is 8.30. The molecule has 0 radical (unpaired) electrons. The Labute approximate surface area is 61.6 Å². The number of nitrogens with one attached hydrogen (secondary N) is 1. The van der Waals surface area contributed by atoms with E-state index < -0.39 is 0 Å². The van der Waals surface area contributed by atoms with Crippen LogP contribution in [0.15, 0.2) is 16.8 Å². The highest BCUT2D eigenvalue weighted by atomic mass is 15.2. The molecule has 56 valence electrons. The lowest BCUT2D eigenvalue weighted by Crippen LogP contribution is -2.17. The summed E-state index contributed by atoms with van der Waals surface area (Å²) in [5.74, 6) is 0.168. The Morgan fingerprint density at radius 2 is 2.10 bits per heavy atom. The Kier molecular flexibility index (Phi) is 3.39. The quantitative estimate of drug-likeness (QED) is 0.433. The number of aliphatic imine (C=N–C) groups is 1. The third-order valence-electron chi connectivity index (χ3n) is 0.936. The van der Waals surface area contributed by atoms with E-state index >= 15 is 0 Å². The zero-order valence-electron chi connectivity index (χ0n) is 6.68. The minimum atomic E-state index is 0.168. The number of guanidine groups is 1. The van der Waals surface area contributed by atoms with Crippen LogP contribution in [0.3, 0.4) is 0 Å². The second-order valence-corrected chi connectivity index (χ2v) is 2.30. The van der Waals surface area contributed by atoms with Crippen molar-refractivity contribution >= 4 is 12.7 Å². The van der Waals surface area contributed by atoms with E-state index in [2.05, 4.69) is 11.7 Å². The first kappa shape index (κ1) is 8.88. The lowest BCUT2D eigenvalue weighted by atomic mass is 10.4. The predicted molar refractivity (Wildman–Crippen MR) is 44.5 cm³/mol. The molecule has 0 amide bonds. The van der Waals surface area contributed by atoms with Gasteiger partial charge in [-0.2, -0.15) is 0 Å². The van der Waals surface area contributed by atoms with Crippen LogP contribution in [0.25, 0.3) is 0 Å². The second-order valence-electron chi connectivity index (χ2n) is 2.30. The maximum atomic E-state index is 7.19. The SMILES string of the molecule is C=NC(=N)N(C)C=C(C)C. The summed E-state index contributed by atoms with van der Waals surface area (Å²) in [7, 11) is 1.77. The van der Waals surface area contributed by atoms with Gasteiger partial charge in [0.25, 0.3) is 0 Å². The topological polar surface area (TPSA) is 39.5 Å². The van der Waals surface area contributed by atoms with Crippen molar-refractivity contribution in [3.05, 3.63) is 11.8 Å². The Morgan fingerprint density at radius 1 is 1.60 bits per heavy atom. The molecule has 0 aliphatic heterocycles. The van der Waals surface area contributed by atoms with Gasteiger partial charge in [-0.05, 0) is 20.6 Å². The Hall–Kier alpha value is -1.12. The van der Waals surface area contributed by atoms with Gasteiger partial charge in [0, 0.05) is 13.2 Å². The summed E-state index contributed by atoms with van der Waals surface area (Å²) in [5, 5.41) is 7.19.